The molecule has 0 aromatic heterocycles. The van der Waals surface area contributed by atoms with Crippen LogP contribution in [0.4, 0.5) is 5.69 Å². The first-order valence-corrected chi connectivity index (χ1v) is 11.3. The van der Waals surface area contributed by atoms with Crippen LogP contribution in [0.5, 0.6) is 0 Å². The number of nitrogens with one attached hydrogen (secondary N) is 1. The quantitative estimate of drug-likeness (QED) is 0.547. The molecule has 0 saturated carbocycles. The molecule has 0 fully saturated rings. The topological polar surface area (TPSA) is 66.5 Å². The van der Waals surface area contributed by atoms with E-state index >= 15 is 0 Å². The van der Waals surface area contributed by atoms with Gasteiger partial charge in [0.05, 0.1) is 10.6 Å². The molecular formula is C22H20Cl2N2O3S. The Hall–Kier alpha value is -2.54. The lowest BCUT2D eigenvalue weighted by atomic mass is 10.2. The van der Waals surface area contributed by atoms with Gasteiger partial charge in [-0.1, -0.05) is 65.7 Å². The third kappa shape index (κ3) is 5.14. The summed E-state index contributed by atoms with van der Waals surface area (Å²) in [7, 11) is -3.98. The fourth-order valence-corrected chi connectivity index (χ4v) is 4.60. The van der Waals surface area contributed by atoms with Gasteiger partial charge in [-0.15, -0.1) is 0 Å². The van der Waals surface area contributed by atoms with Crippen molar-refractivity contribution in [3.63, 3.8) is 0 Å². The molecule has 3 rings (SSSR count). The summed E-state index contributed by atoms with van der Waals surface area (Å²) in [6.07, 6.45) is 0. The van der Waals surface area contributed by atoms with Gasteiger partial charge in [-0.05, 0) is 48.4 Å². The van der Waals surface area contributed by atoms with Crippen molar-refractivity contribution in [3.05, 3.63) is 94.0 Å². The van der Waals surface area contributed by atoms with Crippen molar-refractivity contribution in [1.29, 1.82) is 0 Å². The zero-order valence-electron chi connectivity index (χ0n) is 16.2. The number of anilines is 1. The van der Waals surface area contributed by atoms with E-state index < -0.39 is 22.5 Å². The number of carbonyl (C=O) groups is 1. The van der Waals surface area contributed by atoms with Crippen LogP contribution in [0.25, 0.3) is 0 Å². The molecule has 30 heavy (non-hydrogen) atoms. The molecule has 0 aliphatic heterocycles. The number of carbonyl (C=O) groups excluding carboxylic acids is 1. The third-order valence-corrected chi connectivity index (χ3v) is 7.06. The molecule has 3 aromatic carbocycles. The van der Waals surface area contributed by atoms with Crippen molar-refractivity contribution in [2.75, 3.05) is 10.8 Å². The van der Waals surface area contributed by atoms with Crippen LogP contribution in [0.3, 0.4) is 0 Å². The molecule has 3 aromatic rings. The second kappa shape index (κ2) is 9.51. The SMILES string of the molecule is Cc1ccc(N(CC(=O)NCc2ccccc2Cl)S(=O)(=O)c2ccccc2)cc1Cl. The Morgan fingerprint density at radius 1 is 0.933 bits per heavy atom. The van der Waals surface area contributed by atoms with E-state index in [0.29, 0.717) is 15.7 Å². The van der Waals surface area contributed by atoms with Gasteiger partial charge in [0.15, 0.2) is 0 Å². The molecule has 0 spiro atoms. The summed E-state index contributed by atoms with van der Waals surface area (Å²) >= 11 is 12.3. The molecule has 0 aliphatic carbocycles. The summed E-state index contributed by atoms with van der Waals surface area (Å²) in [5, 5.41) is 3.67. The van der Waals surface area contributed by atoms with Crippen LogP contribution in [-0.2, 0) is 21.4 Å². The van der Waals surface area contributed by atoms with E-state index in [-0.39, 0.29) is 11.4 Å². The van der Waals surface area contributed by atoms with E-state index in [4.69, 9.17) is 23.2 Å². The fourth-order valence-electron chi connectivity index (χ4n) is 2.79. The van der Waals surface area contributed by atoms with E-state index in [9.17, 15) is 13.2 Å². The summed E-state index contributed by atoms with van der Waals surface area (Å²) in [5.41, 5.74) is 1.85. The number of benzene rings is 3. The van der Waals surface area contributed by atoms with E-state index in [2.05, 4.69) is 5.32 Å². The fraction of sp³-hybridized carbons (Fsp3) is 0.136. The average molecular weight is 463 g/mol. The van der Waals surface area contributed by atoms with Gasteiger partial charge in [-0.3, -0.25) is 9.10 Å². The average Bonchev–Trinajstić information content (AvgIpc) is 2.74. The highest BCUT2D eigenvalue weighted by atomic mass is 35.5. The predicted molar refractivity (Wildman–Crippen MR) is 120 cm³/mol. The third-order valence-electron chi connectivity index (χ3n) is 4.50. The van der Waals surface area contributed by atoms with Crippen LogP contribution in [0, 0.1) is 6.92 Å². The number of hydrogen-bond donors (Lipinski definition) is 1. The predicted octanol–water partition coefficient (Wildman–Crippen LogP) is 4.81. The summed E-state index contributed by atoms with van der Waals surface area (Å²) in [6, 6.07) is 20.0. The largest absolute Gasteiger partial charge is 0.350 e. The van der Waals surface area contributed by atoms with Crippen LogP contribution in [0.1, 0.15) is 11.1 Å². The van der Waals surface area contributed by atoms with Crippen molar-refractivity contribution in [2.45, 2.75) is 18.4 Å². The molecule has 0 aliphatic rings. The zero-order chi connectivity index (χ0) is 21.7. The summed E-state index contributed by atoms with van der Waals surface area (Å²) in [4.78, 5) is 12.7. The Bertz CT molecular complexity index is 1150. The lowest BCUT2D eigenvalue weighted by Crippen LogP contribution is -2.40. The Morgan fingerprint density at radius 2 is 1.60 bits per heavy atom. The van der Waals surface area contributed by atoms with Crippen LogP contribution in [-0.4, -0.2) is 20.9 Å². The summed E-state index contributed by atoms with van der Waals surface area (Å²) < 4.78 is 27.6. The number of hydrogen-bond acceptors (Lipinski definition) is 3. The smallest absolute Gasteiger partial charge is 0.264 e. The molecule has 0 heterocycles. The van der Waals surface area contributed by atoms with Gasteiger partial charge in [-0.25, -0.2) is 8.42 Å². The van der Waals surface area contributed by atoms with Gasteiger partial charge in [0, 0.05) is 16.6 Å². The van der Waals surface area contributed by atoms with Gasteiger partial charge < -0.3 is 5.32 Å². The molecule has 0 unspecified atom stereocenters. The number of aryl methyl sites for hydroxylation is 1. The molecule has 0 radical (unpaired) electrons. The minimum atomic E-state index is -3.98. The zero-order valence-corrected chi connectivity index (χ0v) is 18.5. The summed E-state index contributed by atoms with van der Waals surface area (Å²) in [6.45, 7) is 1.60. The molecule has 1 N–H and O–H groups in total. The highest BCUT2D eigenvalue weighted by Gasteiger charge is 2.27. The number of nitrogens with zero attached hydrogens (tertiary/aromatic N) is 1. The van der Waals surface area contributed by atoms with Crippen molar-refractivity contribution >= 4 is 44.8 Å². The standard InChI is InChI=1S/C22H20Cl2N2O3S/c1-16-11-12-18(13-21(16)24)26(30(28,29)19-8-3-2-4-9-19)15-22(27)25-14-17-7-5-6-10-20(17)23/h2-13H,14-15H2,1H3,(H,25,27). The first-order chi connectivity index (χ1) is 14.3. The monoisotopic (exact) mass is 462 g/mol. The van der Waals surface area contributed by atoms with E-state index in [0.717, 1.165) is 15.4 Å². The minimum Gasteiger partial charge on any atom is -0.350 e. The normalized spacial score (nSPS) is 11.2. The maximum absolute atomic E-state index is 13.3. The van der Waals surface area contributed by atoms with Gasteiger partial charge in [-0.2, -0.15) is 0 Å². The van der Waals surface area contributed by atoms with Crippen molar-refractivity contribution in [3.8, 4) is 0 Å². The lowest BCUT2D eigenvalue weighted by molar-refractivity contribution is -0.119. The lowest BCUT2D eigenvalue weighted by Gasteiger charge is -2.24. The van der Waals surface area contributed by atoms with Gasteiger partial charge >= 0.3 is 0 Å². The highest BCUT2D eigenvalue weighted by Crippen LogP contribution is 2.28. The Balaban J connectivity index is 1.88. The summed E-state index contributed by atoms with van der Waals surface area (Å²) in [5.74, 6) is -0.467. The van der Waals surface area contributed by atoms with Crippen molar-refractivity contribution < 1.29 is 13.2 Å². The maximum Gasteiger partial charge on any atom is 0.264 e. The van der Waals surface area contributed by atoms with Gasteiger partial charge in [0.25, 0.3) is 10.0 Å². The number of amides is 1. The molecule has 8 heteroatoms. The molecule has 0 atom stereocenters. The second-order valence-electron chi connectivity index (χ2n) is 6.63. The molecule has 0 bridgehead atoms. The van der Waals surface area contributed by atoms with E-state index in [1.165, 1.54) is 12.1 Å². The number of halogens is 2. The maximum atomic E-state index is 13.3. The first-order valence-electron chi connectivity index (χ1n) is 9.13. The van der Waals surface area contributed by atoms with Gasteiger partial charge in [0.1, 0.15) is 6.54 Å². The molecule has 5 nitrogen and oxygen atoms in total. The second-order valence-corrected chi connectivity index (χ2v) is 9.30. The molecule has 156 valence electrons. The Morgan fingerprint density at radius 3 is 2.27 bits per heavy atom. The molecule has 0 saturated heterocycles. The highest BCUT2D eigenvalue weighted by molar-refractivity contribution is 7.92. The van der Waals surface area contributed by atoms with E-state index in [1.54, 1.807) is 54.6 Å². The van der Waals surface area contributed by atoms with Crippen LogP contribution < -0.4 is 9.62 Å². The minimum absolute atomic E-state index is 0.0839. The van der Waals surface area contributed by atoms with Crippen LogP contribution in [0.2, 0.25) is 10.0 Å². The Labute approximate surface area is 186 Å². The Kier molecular flexibility index (Phi) is 7.02. The van der Waals surface area contributed by atoms with Crippen LogP contribution >= 0.6 is 23.2 Å². The van der Waals surface area contributed by atoms with Crippen LogP contribution in [0.15, 0.2) is 77.7 Å². The van der Waals surface area contributed by atoms with Gasteiger partial charge in [0.2, 0.25) is 5.91 Å². The molecular weight excluding hydrogens is 443 g/mol. The number of rotatable bonds is 7. The number of sulfonamides is 1. The van der Waals surface area contributed by atoms with E-state index in [1.807, 2.05) is 13.0 Å². The molecule has 1 amide bonds. The van der Waals surface area contributed by atoms with Crippen molar-refractivity contribution in [2.24, 2.45) is 0 Å². The van der Waals surface area contributed by atoms with Crippen molar-refractivity contribution in [1.82, 2.24) is 5.32 Å². The first kappa shape index (κ1) is 22.2.